The van der Waals surface area contributed by atoms with Crippen molar-refractivity contribution < 1.29 is 14.3 Å². The monoisotopic (exact) mass is 266 g/mol. The van der Waals surface area contributed by atoms with Crippen LogP contribution in [0.3, 0.4) is 0 Å². The van der Waals surface area contributed by atoms with Crippen molar-refractivity contribution in [3.8, 4) is 5.75 Å². The summed E-state index contributed by atoms with van der Waals surface area (Å²) in [5.41, 5.74) is 0.576. The number of rotatable bonds is 5. The summed E-state index contributed by atoms with van der Waals surface area (Å²) in [6.45, 7) is 3.60. The summed E-state index contributed by atoms with van der Waals surface area (Å²) in [6.07, 6.45) is 2.10. The van der Waals surface area contributed by atoms with Crippen LogP contribution in [0.5, 0.6) is 5.75 Å². The van der Waals surface area contributed by atoms with Crippen molar-refractivity contribution in [1.82, 2.24) is 10.6 Å². The Morgan fingerprint density at radius 2 is 2.11 bits per heavy atom. The third kappa shape index (κ3) is 3.67. The summed E-state index contributed by atoms with van der Waals surface area (Å²) >= 11 is 0. The number of carbonyl (C=O) groups is 1. The Balaban J connectivity index is 1.95. The van der Waals surface area contributed by atoms with Gasteiger partial charge in [-0.3, -0.25) is 10.1 Å². The number of nitrogens with one attached hydrogen (secondary N) is 2. The third-order valence-corrected chi connectivity index (χ3v) is 3.28. The van der Waals surface area contributed by atoms with Gasteiger partial charge >= 0.3 is 0 Å². The molecular weight excluding hydrogens is 247 g/mol. The number of hydrogen-bond acceptors (Lipinski definition) is 3. The fourth-order valence-electron chi connectivity index (χ4n) is 1.98. The van der Waals surface area contributed by atoms with Crippen molar-refractivity contribution in [2.45, 2.75) is 44.8 Å². The van der Waals surface area contributed by atoms with Crippen molar-refractivity contribution in [3.05, 3.63) is 29.6 Å². The summed E-state index contributed by atoms with van der Waals surface area (Å²) in [6, 6.07) is 3.62. The lowest BCUT2D eigenvalue weighted by molar-refractivity contribution is -0.123. The van der Waals surface area contributed by atoms with Gasteiger partial charge in [0.25, 0.3) is 0 Å². The molecule has 1 aliphatic rings. The van der Waals surface area contributed by atoms with Crippen molar-refractivity contribution in [2.75, 3.05) is 0 Å². The molecule has 0 saturated heterocycles. The van der Waals surface area contributed by atoms with Gasteiger partial charge in [-0.25, -0.2) is 4.39 Å². The van der Waals surface area contributed by atoms with E-state index in [4.69, 9.17) is 0 Å². The molecular formula is C14H19FN2O2. The summed E-state index contributed by atoms with van der Waals surface area (Å²) in [7, 11) is 0. The molecule has 0 heterocycles. The first-order valence-electron chi connectivity index (χ1n) is 6.52. The van der Waals surface area contributed by atoms with Crippen LogP contribution in [0.25, 0.3) is 0 Å². The summed E-state index contributed by atoms with van der Waals surface area (Å²) in [5.74, 6) is -0.626. The molecule has 1 saturated carbocycles. The van der Waals surface area contributed by atoms with E-state index in [9.17, 15) is 14.3 Å². The Morgan fingerprint density at radius 1 is 1.42 bits per heavy atom. The highest BCUT2D eigenvalue weighted by Crippen LogP contribution is 2.25. The van der Waals surface area contributed by atoms with Gasteiger partial charge in [0.05, 0.1) is 6.04 Å². The number of amides is 1. The molecule has 0 aliphatic heterocycles. The smallest absolute Gasteiger partial charge is 0.237 e. The lowest BCUT2D eigenvalue weighted by Gasteiger charge is -2.20. The Bertz CT molecular complexity index is 475. The van der Waals surface area contributed by atoms with Gasteiger partial charge in [0, 0.05) is 23.7 Å². The summed E-state index contributed by atoms with van der Waals surface area (Å²) < 4.78 is 12.9. The molecule has 0 radical (unpaired) electrons. The fraction of sp³-hybridized carbons (Fsp3) is 0.500. The molecule has 1 aromatic rings. The van der Waals surface area contributed by atoms with Crippen LogP contribution in [-0.4, -0.2) is 23.1 Å². The molecule has 3 N–H and O–H groups in total. The molecule has 1 fully saturated rings. The van der Waals surface area contributed by atoms with E-state index in [0.29, 0.717) is 11.6 Å². The second-order valence-corrected chi connectivity index (χ2v) is 5.10. The molecule has 1 aromatic carbocycles. The van der Waals surface area contributed by atoms with E-state index in [2.05, 4.69) is 10.6 Å². The zero-order chi connectivity index (χ0) is 14.0. The molecule has 5 heteroatoms. The van der Waals surface area contributed by atoms with E-state index in [-0.39, 0.29) is 23.7 Å². The molecule has 2 unspecified atom stereocenters. The minimum Gasteiger partial charge on any atom is -0.508 e. The Morgan fingerprint density at radius 3 is 2.68 bits per heavy atom. The van der Waals surface area contributed by atoms with E-state index in [1.807, 2.05) is 6.92 Å². The highest BCUT2D eigenvalue weighted by molar-refractivity contribution is 5.81. The van der Waals surface area contributed by atoms with Gasteiger partial charge in [-0.1, -0.05) is 6.07 Å². The van der Waals surface area contributed by atoms with E-state index >= 15 is 0 Å². The lowest BCUT2D eigenvalue weighted by Crippen LogP contribution is -2.43. The molecule has 0 aromatic heterocycles. The molecule has 4 nitrogen and oxygen atoms in total. The first-order chi connectivity index (χ1) is 8.97. The molecule has 0 bridgehead atoms. The van der Waals surface area contributed by atoms with Crippen LogP contribution in [0, 0.1) is 5.82 Å². The zero-order valence-corrected chi connectivity index (χ0v) is 11.1. The first kappa shape index (κ1) is 13.8. The Hall–Kier alpha value is -1.62. The van der Waals surface area contributed by atoms with E-state index in [1.165, 1.54) is 12.1 Å². The normalized spacial score (nSPS) is 17.8. The number of halogens is 1. The van der Waals surface area contributed by atoms with Gasteiger partial charge < -0.3 is 10.4 Å². The Kier molecular flexibility index (Phi) is 4.04. The molecule has 2 rings (SSSR count). The zero-order valence-electron chi connectivity index (χ0n) is 11.1. The van der Waals surface area contributed by atoms with Crippen LogP contribution >= 0.6 is 0 Å². The van der Waals surface area contributed by atoms with Crippen LogP contribution in [0.1, 0.15) is 38.3 Å². The maximum atomic E-state index is 12.9. The molecule has 1 amide bonds. The minimum absolute atomic E-state index is 0.0454. The van der Waals surface area contributed by atoms with Gasteiger partial charge in [0.1, 0.15) is 11.6 Å². The van der Waals surface area contributed by atoms with Gasteiger partial charge in [-0.05, 0) is 32.8 Å². The lowest BCUT2D eigenvalue weighted by atomic mass is 10.1. The van der Waals surface area contributed by atoms with Crippen molar-refractivity contribution >= 4 is 5.91 Å². The number of carbonyl (C=O) groups excluding carboxylic acids is 1. The van der Waals surface area contributed by atoms with Gasteiger partial charge in [0.15, 0.2) is 0 Å². The van der Waals surface area contributed by atoms with E-state index < -0.39 is 5.82 Å². The highest BCUT2D eigenvalue weighted by atomic mass is 19.1. The largest absolute Gasteiger partial charge is 0.508 e. The van der Waals surface area contributed by atoms with Crippen molar-refractivity contribution in [1.29, 1.82) is 0 Å². The average molecular weight is 266 g/mol. The highest BCUT2D eigenvalue weighted by Gasteiger charge is 2.26. The number of phenols is 1. The first-order valence-corrected chi connectivity index (χ1v) is 6.52. The standard InChI is InChI=1S/C14H19FN2O2/c1-8(12-6-3-10(15)7-13(12)18)16-9(2)14(19)17-11-4-5-11/h3,6-9,11,16,18H,4-5H2,1-2H3,(H,17,19). The molecule has 104 valence electrons. The molecule has 1 aliphatic carbocycles. The maximum absolute atomic E-state index is 12.9. The number of aromatic hydroxyl groups is 1. The third-order valence-electron chi connectivity index (χ3n) is 3.28. The SMILES string of the molecule is CC(NC(C)c1ccc(F)cc1O)C(=O)NC1CC1. The topological polar surface area (TPSA) is 61.4 Å². The predicted molar refractivity (Wildman–Crippen MR) is 70.2 cm³/mol. The predicted octanol–water partition coefficient (Wildman–Crippen LogP) is 1.85. The molecule has 19 heavy (non-hydrogen) atoms. The number of hydrogen-bond donors (Lipinski definition) is 3. The quantitative estimate of drug-likeness (QED) is 0.762. The number of benzene rings is 1. The Labute approximate surface area is 112 Å². The van der Waals surface area contributed by atoms with Crippen LogP contribution in [0.15, 0.2) is 18.2 Å². The summed E-state index contributed by atoms with van der Waals surface area (Å²) in [5, 5.41) is 15.7. The van der Waals surface area contributed by atoms with Crippen molar-refractivity contribution in [3.63, 3.8) is 0 Å². The van der Waals surface area contributed by atoms with Crippen molar-refractivity contribution in [2.24, 2.45) is 0 Å². The van der Waals surface area contributed by atoms with E-state index in [0.717, 1.165) is 18.9 Å². The second-order valence-electron chi connectivity index (χ2n) is 5.10. The van der Waals surface area contributed by atoms with Crippen LogP contribution in [-0.2, 0) is 4.79 Å². The van der Waals surface area contributed by atoms with Crippen LogP contribution < -0.4 is 10.6 Å². The average Bonchev–Trinajstić information content (AvgIpc) is 3.12. The van der Waals surface area contributed by atoms with Crippen LogP contribution in [0.4, 0.5) is 4.39 Å². The molecule has 0 spiro atoms. The minimum atomic E-state index is -0.479. The fourth-order valence-corrected chi connectivity index (χ4v) is 1.98. The number of phenolic OH excluding ortho intramolecular Hbond substituents is 1. The summed E-state index contributed by atoms with van der Waals surface area (Å²) in [4.78, 5) is 11.8. The molecule has 2 atom stereocenters. The van der Waals surface area contributed by atoms with Crippen LogP contribution in [0.2, 0.25) is 0 Å². The van der Waals surface area contributed by atoms with E-state index in [1.54, 1.807) is 6.92 Å². The second kappa shape index (κ2) is 5.57. The maximum Gasteiger partial charge on any atom is 0.237 e. The van der Waals surface area contributed by atoms with Gasteiger partial charge in [-0.2, -0.15) is 0 Å². The van der Waals surface area contributed by atoms with Gasteiger partial charge in [-0.15, -0.1) is 0 Å². The van der Waals surface area contributed by atoms with Gasteiger partial charge in [0.2, 0.25) is 5.91 Å².